The highest BCUT2D eigenvalue weighted by molar-refractivity contribution is 6.06. The monoisotopic (exact) mass is 438 g/mol. The number of carbonyl (C=O) groups is 1. The normalized spacial score (nSPS) is 14.3. The van der Waals surface area contributed by atoms with Crippen LogP contribution in [0.15, 0.2) is 36.8 Å². The first-order valence-electron chi connectivity index (χ1n) is 10.1. The number of nitrogens with two attached hydrogens (primary N) is 2. The number of rotatable bonds is 5. The highest BCUT2D eigenvalue weighted by Gasteiger charge is 2.23. The maximum absolute atomic E-state index is 14.6. The van der Waals surface area contributed by atoms with E-state index in [0.29, 0.717) is 5.82 Å². The van der Waals surface area contributed by atoms with Gasteiger partial charge in [-0.25, -0.2) is 19.3 Å². The minimum absolute atomic E-state index is 0.000922. The van der Waals surface area contributed by atoms with E-state index in [1.54, 1.807) is 12.3 Å². The molecule has 11 heteroatoms. The summed E-state index contributed by atoms with van der Waals surface area (Å²) in [5.41, 5.74) is 12.4. The van der Waals surface area contributed by atoms with Crippen molar-refractivity contribution >= 4 is 23.2 Å². The number of anilines is 3. The first-order valence-corrected chi connectivity index (χ1v) is 10.1. The second-order valence-corrected chi connectivity index (χ2v) is 7.31. The maximum atomic E-state index is 14.6. The molecule has 4 heterocycles. The molecule has 0 aromatic carbocycles. The summed E-state index contributed by atoms with van der Waals surface area (Å²) in [7, 11) is 1.34. The Kier molecular flexibility index (Phi) is 6.08. The summed E-state index contributed by atoms with van der Waals surface area (Å²) in [6, 6.07) is 5.23. The molecule has 1 aliphatic rings. The number of amides is 1. The summed E-state index contributed by atoms with van der Waals surface area (Å²) in [5, 5.41) is 2.75. The van der Waals surface area contributed by atoms with Crippen LogP contribution in [-0.2, 0) is 0 Å². The van der Waals surface area contributed by atoms with E-state index in [2.05, 4.69) is 30.2 Å². The van der Waals surface area contributed by atoms with E-state index >= 15 is 0 Å². The number of piperidine rings is 1. The van der Waals surface area contributed by atoms with Crippen LogP contribution in [-0.4, -0.2) is 52.1 Å². The van der Waals surface area contributed by atoms with Gasteiger partial charge < -0.3 is 26.4 Å². The molecule has 1 fully saturated rings. The zero-order chi connectivity index (χ0) is 22.7. The molecule has 3 aromatic rings. The molecule has 1 amide bonds. The molecule has 3 aromatic heterocycles. The van der Waals surface area contributed by atoms with Crippen LogP contribution in [0.3, 0.4) is 0 Å². The minimum atomic E-state index is -0.712. The van der Waals surface area contributed by atoms with Crippen LogP contribution in [0.1, 0.15) is 23.3 Å². The topological polar surface area (TPSA) is 145 Å². The van der Waals surface area contributed by atoms with Crippen molar-refractivity contribution in [3.8, 4) is 17.1 Å². The number of pyridine rings is 2. The molecule has 10 nitrogen and oxygen atoms in total. The van der Waals surface area contributed by atoms with Crippen LogP contribution < -0.4 is 26.4 Å². The van der Waals surface area contributed by atoms with Gasteiger partial charge in [-0.3, -0.25) is 9.78 Å². The average Bonchev–Trinajstić information content (AvgIpc) is 2.80. The lowest BCUT2D eigenvalue weighted by atomic mass is 10.1. The van der Waals surface area contributed by atoms with Gasteiger partial charge in [-0.1, -0.05) is 0 Å². The lowest BCUT2D eigenvalue weighted by Gasteiger charge is -2.32. The van der Waals surface area contributed by atoms with Crippen molar-refractivity contribution in [2.45, 2.75) is 18.9 Å². The van der Waals surface area contributed by atoms with Gasteiger partial charge in [-0.2, -0.15) is 0 Å². The molecule has 1 saturated heterocycles. The van der Waals surface area contributed by atoms with Crippen molar-refractivity contribution in [3.05, 3.63) is 48.3 Å². The first kappa shape index (κ1) is 21.4. The number of hydrogen-bond acceptors (Lipinski definition) is 9. The summed E-state index contributed by atoms with van der Waals surface area (Å²) in [6.07, 6.45) is 5.90. The summed E-state index contributed by atoms with van der Waals surface area (Å²) in [4.78, 5) is 31.6. The highest BCUT2D eigenvalue weighted by atomic mass is 19.1. The third kappa shape index (κ3) is 4.28. The summed E-state index contributed by atoms with van der Waals surface area (Å²) in [6.45, 7) is 1.52. The van der Waals surface area contributed by atoms with Crippen LogP contribution >= 0.6 is 0 Å². The van der Waals surface area contributed by atoms with Crippen molar-refractivity contribution in [1.82, 2.24) is 19.9 Å². The van der Waals surface area contributed by atoms with Crippen LogP contribution in [0.2, 0.25) is 0 Å². The summed E-state index contributed by atoms with van der Waals surface area (Å²) in [5.74, 6) is -1.06. The Morgan fingerprint density at radius 2 is 2.00 bits per heavy atom. The van der Waals surface area contributed by atoms with Gasteiger partial charge in [-0.05, 0) is 25.0 Å². The molecule has 5 N–H and O–H groups in total. The molecule has 0 bridgehead atoms. The van der Waals surface area contributed by atoms with Gasteiger partial charge in [0.15, 0.2) is 28.9 Å². The second kappa shape index (κ2) is 9.10. The van der Waals surface area contributed by atoms with E-state index in [-0.39, 0.29) is 34.7 Å². The Morgan fingerprint density at radius 3 is 2.75 bits per heavy atom. The third-order valence-corrected chi connectivity index (χ3v) is 5.23. The number of aromatic nitrogens is 4. The van der Waals surface area contributed by atoms with Gasteiger partial charge in [0, 0.05) is 37.6 Å². The van der Waals surface area contributed by atoms with E-state index in [4.69, 9.17) is 16.2 Å². The fraction of sp³-hybridized carbons (Fsp3) is 0.286. The Morgan fingerprint density at radius 1 is 1.22 bits per heavy atom. The maximum Gasteiger partial charge on any atom is 0.279 e. The molecule has 1 aliphatic heterocycles. The molecular formula is C21H23FN8O2. The summed E-state index contributed by atoms with van der Waals surface area (Å²) < 4.78 is 19.6. The first-order chi connectivity index (χ1) is 15.5. The van der Waals surface area contributed by atoms with Gasteiger partial charge in [0.2, 0.25) is 0 Å². The fourth-order valence-corrected chi connectivity index (χ4v) is 3.50. The molecule has 0 saturated carbocycles. The number of nitrogens with zero attached hydrogens (tertiary/aromatic N) is 5. The number of carbonyl (C=O) groups excluding carboxylic acids is 1. The zero-order valence-corrected chi connectivity index (χ0v) is 17.5. The Balaban J connectivity index is 1.62. The van der Waals surface area contributed by atoms with E-state index in [0.717, 1.165) is 31.6 Å². The second-order valence-electron chi connectivity index (χ2n) is 7.31. The van der Waals surface area contributed by atoms with Crippen molar-refractivity contribution in [2.75, 3.05) is 36.1 Å². The zero-order valence-electron chi connectivity index (χ0n) is 17.5. The molecule has 4 rings (SSSR count). The summed E-state index contributed by atoms with van der Waals surface area (Å²) >= 11 is 0. The molecule has 0 spiro atoms. The highest BCUT2D eigenvalue weighted by Crippen LogP contribution is 2.28. The van der Waals surface area contributed by atoms with E-state index in [1.165, 1.54) is 25.6 Å². The van der Waals surface area contributed by atoms with Crippen molar-refractivity contribution < 1.29 is 13.9 Å². The number of ether oxygens (including phenoxy) is 1. The Hall–Kier alpha value is -3.86. The molecule has 32 heavy (non-hydrogen) atoms. The van der Waals surface area contributed by atoms with Gasteiger partial charge in [0.1, 0.15) is 11.4 Å². The predicted molar refractivity (Wildman–Crippen MR) is 118 cm³/mol. The SMILES string of the molecule is COc1ccnc(-c2cnc(N)c(C(=O)Nc3ncccc3N3CCC(N)CC3)n2)c1F. The van der Waals surface area contributed by atoms with Crippen molar-refractivity contribution in [2.24, 2.45) is 5.73 Å². The molecule has 0 atom stereocenters. The molecular weight excluding hydrogens is 415 g/mol. The van der Waals surface area contributed by atoms with Gasteiger partial charge in [-0.15, -0.1) is 0 Å². The standard InChI is InChI=1S/C21H23FN8O2/c1-32-15-4-8-25-17(16(15)22)13-11-27-19(24)18(28-13)21(31)29-20-14(3-2-7-26-20)30-9-5-12(23)6-10-30/h2-4,7-8,11-12H,5-6,9-10,23H2,1H3,(H2,24,27)(H,26,29,31). The van der Waals surface area contributed by atoms with E-state index in [9.17, 15) is 9.18 Å². The number of methoxy groups -OCH3 is 1. The lowest BCUT2D eigenvalue weighted by molar-refractivity contribution is 0.102. The van der Waals surface area contributed by atoms with Crippen LogP contribution in [0.25, 0.3) is 11.4 Å². The lowest BCUT2D eigenvalue weighted by Crippen LogP contribution is -2.40. The van der Waals surface area contributed by atoms with Crippen LogP contribution in [0.4, 0.5) is 21.7 Å². The fourth-order valence-electron chi connectivity index (χ4n) is 3.50. The number of nitrogen functional groups attached to an aromatic ring is 1. The quantitative estimate of drug-likeness (QED) is 0.543. The largest absolute Gasteiger partial charge is 0.494 e. The molecule has 166 valence electrons. The number of halogens is 1. The average molecular weight is 438 g/mol. The smallest absolute Gasteiger partial charge is 0.279 e. The number of hydrogen-bond donors (Lipinski definition) is 3. The van der Waals surface area contributed by atoms with Gasteiger partial charge in [0.05, 0.1) is 19.0 Å². The molecule has 0 unspecified atom stereocenters. The predicted octanol–water partition coefficient (Wildman–Crippen LogP) is 1.84. The molecule has 0 radical (unpaired) electrons. The van der Waals surface area contributed by atoms with Crippen LogP contribution in [0.5, 0.6) is 5.75 Å². The van der Waals surface area contributed by atoms with E-state index < -0.39 is 11.7 Å². The van der Waals surface area contributed by atoms with E-state index in [1.807, 2.05) is 6.07 Å². The number of nitrogens with one attached hydrogen (secondary N) is 1. The van der Waals surface area contributed by atoms with Gasteiger partial charge >= 0.3 is 0 Å². The van der Waals surface area contributed by atoms with Crippen molar-refractivity contribution in [1.29, 1.82) is 0 Å². The molecule has 0 aliphatic carbocycles. The van der Waals surface area contributed by atoms with Crippen LogP contribution in [0, 0.1) is 5.82 Å². The van der Waals surface area contributed by atoms with Crippen molar-refractivity contribution in [3.63, 3.8) is 0 Å². The van der Waals surface area contributed by atoms with Gasteiger partial charge in [0.25, 0.3) is 5.91 Å². The third-order valence-electron chi connectivity index (χ3n) is 5.23. The minimum Gasteiger partial charge on any atom is -0.494 e. The Labute approximate surface area is 183 Å². The Bertz CT molecular complexity index is 1130.